The molecule has 1 N–H and O–H groups in total. The second-order valence-electron chi connectivity index (χ2n) is 6.14. The Kier molecular flexibility index (Phi) is 4.16. The number of carboxylic acids is 1. The van der Waals surface area contributed by atoms with Crippen molar-refractivity contribution in [1.82, 2.24) is 4.90 Å². The van der Waals surface area contributed by atoms with Crippen molar-refractivity contribution in [3.05, 3.63) is 34.9 Å². The first-order chi connectivity index (χ1) is 10.6. The molecule has 2 aliphatic rings. The Bertz CT molecular complexity index is 598. The number of rotatable bonds is 4. The number of amides is 1. The maximum atomic E-state index is 12.8. The van der Waals surface area contributed by atoms with E-state index in [9.17, 15) is 9.59 Å². The molecule has 1 aromatic rings. The second kappa shape index (κ2) is 6.08. The summed E-state index contributed by atoms with van der Waals surface area (Å²) in [5.74, 6) is -0.964. The van der Waals surface area contributed by atoms with E-state index in [1.165, 1.54) is 11.1 Å². The minimum atomic E-state index is -0.881. The maximum Gasteiger partial charge on any atom is 0.305 e. The number of nitrogens with zero attached hydrogens (tertiary/aromatic N) is 1. The number of aryl methyl sites for hydroxylation is 2. The highest BCUT2D eigenvalue weighted by molar-refractivity contribution is 5.95. The molecule has 0 aromatic heterocycles. The van der Waals surface area contributed by atoms with E-state index in [4.69, 9.17) is 9.84 Å². The van der Waals surface area contributed by atoms with Crippen molar-refractivity contribution < 1.29 is 19.4 Å². The van der Waals surface area contributed by atoms with Crippen LogP contribution in [0.4, 0.5) is 0 Å². The summed E-state index contributed by atoms with van der Waals surface area (Å²) < 4.78 is 5.33. The molecule has 22 heavy (non-hydrogen) atoms. The topological polar surface area (TPSA) is 66.8 Å². The number of carbonyl (C=O) groups excluding carboxylic acids is 1. The predicted octanol–water partition coefficient (Wildman–Crippen LogP) is 1.88. The number of carboxylic acid groups (broad SMARTS) is 1. The molecule has 1 amide bonds. The van der Waals surface area contributed by atoms with Gasteiger partial charge in [0.05, 0.1) is 12.5 Å². The summed E-state index contributed by atoms with van der Waals surface area (Å²) in [7, 11) is 1.60. The van der Waals surface area contributed by atoms with Gasteiger partial charge in [0.1, 0.15) is 0 Å². The van der Waals surface area contributed by atoms with Crippen LogP contribution in [0.1, 0.15) is 40.7 Å². The van der Waals surface area contributed by atoms with Crippen molar-refractivity contribution in [2.75, 3.05) is 13.7 Å². The summed E-state index contributed by atoms with van der Waals surface area (Å²) in [5, 5.41) is 9.05. The molecule has 1 aliphatic carbocycles. The monoisotopic (exact) mass is 303 g/mol. The molecule has 118 valence electrons. The molecule has 3 rings (SSSR count). The maximum absolute atomic E-state index is 12.8. The Morgan fingerprint density at radius 3 is 2.82 bits per heavy atom. The standard InChI is InChI=1S/C17H21NO4/c1-22-15-8-14(9-16(19)20)18(10-15)17(21)13-6-5-11-3-2-4-12(11)7-13/h5-7,14-15H,2-4,8-10H2,1H3,(H,19,20). The fourth-order valence-electron chi connectivity index (χ4n) is 3.56. The third-order valence-corrected chi connectivity index (χ3v) is 4.73. The SMILES string of the molecule is COC1CC(CC(=O)O)N(C(=O)c2ccc3c(c2)CCC3)C1. The average molecular weight is 303 g/mol. The number of likely N-dealkylation sites (tertiary alicyclic amines) is 1. The summed E-state index contributed by atoms with van der Waals surface area (Å²) in [6.07, 6.45) is 3.72. The van der Waals surface area contributed by atoms with Gasteiger partial charge in [-0.3, -0.25) is 9.59 Å². The Labute approximate surface area is 129 Å². The molecule has 0 radical (unpaired) electrons. The number of hydrogen-bond donors (Lipinski definition) is 1. The van der Waals surface area contributed by atoms with Crippen LogP contribution in [0.3, 0.4) is 0 Å². The number of carbonyl (C=O) groups is 2. The number of ether oxygens (including phenoxy) is 1. The Morgan fingerprint density at radius 2 is 2.09 bits per heavy atom. The van der Waals surface area contributed by atoms with Gasteiger partial charge in [0, 0.05) is 25.3 Å². The first-order valence-electron chi connectivity index (χ1n) is 7.76. The van der Waals surface area contributed by atoms with Crippen molar-refractivity contribution in [2.24, 2.45) is 0 Å². The fourth-order valence-corrected chi connectivity index (χ4v) is 3.56. The van der Waals surface area contributed by atoms with E-state index in [-0.39, 0.29) is 24.5 Å². The van der Waals surface area contributed by atoms with E-state index in [1.54, 1.807) is 12.0 Å². The lowest BCUT2D eigenvalue weighted by Crippen LogP contribution is -2.37. The smallest absolute Gasteiger partial charge is 0.305 e. The largest absolute Gasteiger partial charge is 0.481 e. The Morgan fingerprint density at radius 1 is 1.32 bits per heavy atom. The van der Waals surface area contributed by atoms with Gasteiger partial charge in [-0.15, -0.1) is 0 Å². The van der Waals surface area contributed by atoms with Gasteiger partial charge in [-0.2, -0.15) is 0 Å². The van der Waals surface area contributed by atoms with Crippen molar-refractivity contribution in [1.29, 1.82) is 0 Å². The van der Waals surface area contributed by atoms with E-state index in [1.807, 2.05) is 18.2 Å². The van der Waals surface area contributed by atoms with Crippen LogP contribution in [0.15, 0.2) is 18.2 Å². The zero-order chi connectivity index (χ0) is 15.7. The number of fused-ring (bicyclic) bond motifs is 1. The highest BCUT2D eigenvalue weighted by Gasteiger charge is 2.37. The molecule has 2 atom stereocenters. The van der Waals surface area contributed by atoms with Gasteiger partial charge < -0.3 is 14.7 Å². The van der Waals surface area contributed by atoms with Gasteiger partial charge in [-0.1, -0.05) is 6.07 Å². The lowest BCUT2D eigenvalue weighted by molar-refractivity contribution is -0.137. The van der Waals surface area contributed by atoms with Crippen molar-refractivity contribution in [3.63, 3.8) is 0 Å². The summed E-state index contributed by atoms with van der Waals surface area (Å²) in [5.41, 5.74) is 3.24. The number of benzene rings is 1. The predicted molar refractivity (Wildman–Crippen MR) is 81.0 cm³/mol. The molecule has 1 aliphatic heterocycles. The molecule has 0 saturated carbocycles. The summed E-state index contributed by atoms with van der Waals surface area (Å²) in [6, 6.07) is 5.59. The lowest BCUT2D eigenvalue weighted by atomic mass is 10.0. The zero-order valence-electron chi connectivity index (χ0n) is 12.7. The summed E-state index contributed by atoms with van der Waals surface area (Å²) in [4.78, 5) is 25.5. The lowest BCUT2D eigenvalue weighted by Gasteiger charge is -2.23. The van der Waals surface area contributed by atoms with Gasteiger partial charge >= 0.3 is 5.97 Å². The van der Waals surface area contributed by atoms with E-state index < -0.39 is 5.97 Å². The van der Waals surface area contributed by atoms with Gasteiger partial charge in [-0.05, 0) is 48.9 Å². The van der Waals surface area contributed by atoms with Gasteiger partial charge in [0.25, 0.3) is 5.91 Å². The zero-order valence-corrected chi connectivity index (χ0v) is 12.7. The molecule has 0 spiro atoms. The van der Waals surface area contributed by atoms with Crippen molar-refractivity contribution in [2.45, 2.75) is 44.2 Å². The normalized spacial score (nSPS) is 23.6. The van der Waals surface area contributed by atoms with Crippen LogP contribution in [0.25, 0.3) is 0 Å². The third kappa shape index (κ3) is 2.86. The van der Waals surface area contributed by atoms with Crippen LogP contribution in [0, 0.1) is 0 Å². The molecule has 1 heterocycles. The first kappa shape index (κ1) is 15.0. The van der Waals surface area contributed by atoms with Crippen LogP contribution >= 0.6 is 0 Å². The third-order valence-electron chi connectivity index (χ3n) is 4.73. The fraction of sp³-hybridized carbons (Fsp3) is 0.529. The molecular formula is C17H21NO4. The molecule has 5 nitrogen and oxygen atoms in total. The molecular weight excluding hydrogens is 282 g/mol. The highest BCUT2D eigenvalue weighted by Crippen LogP contribution is 2.27. The molecule has 1 aromatic carbocycles. The minimum absolute atomic E-state index is 0.0312. The van der Waals surface area contributed by atoms with Crippen LogP contribution in [-0.4, -0.2) is 47.7 Å². The highest BCUT2D eigenvalue weighted by atomic mass is 16.5. The first-order valence-corrected chi connectivity index (χ1v) is 7.76. The van der Waals surface area contributed by atoms with E-state index in [0.717, 1.165) is 19.3 Å². The number of hydrogen-bond acceptors (Lipinski definition) is 3. The summed E-state index contributed by atoms with van der Waals surface area (Å²) >= 11 is 0. The van der Waals surface area contributed by atoms with Gasteiger partial charge in [0.15, 0.2) is 0 Å². The van der Waals surface area contributed by atoms with E-state index in [0.29, 0.717) is 18.5 Å². The minimum Gasteiger partial charge on any atom is -0.481 e. The molecule has 1 saturated heterocycles. The Balaban J connectivity index is 1.81. The molecule has 1 fully saturated rings. The Hall–Kier alpha value is -1.88. The van der Waals surface area contributed by atoms with Crippen molar-refractivity contribution >= 4 is 11.9 Å². The quantitative estimate of drug-likeness (QED) is 0.922. The van der Waals surface area contributed by atoms with E-state index in [2.05, 4.69) is 0 Å². The van der Waals surface area contributed by atoms with Crippen LogP contribution < -0.4 is 0 Å². The van der Waals surface area contributed by atoms with Crippen LogP contribution in [0.2, 0.25) is 0 Å². The van der Waals surface area contributed by atoms with Gasteiger partial charge in [0.2, 0.25) is 0 Å². The van der Waals surface area contributed by atoms with E-state index >= 15 is 0 Å². The molecule has 2 unspecified atom stereocenters. The van der Waals surface area contributed by atoms with Crippen LogP contribution in [0.5, 0.6) is 0 Å². The average Bonchev–Trinajstić information content (AvgIpc) is 3.11. The number of methoxy groups -OCH3 is 1. The molecule has 0 bridgehead atoms. The van der Waals surface area contributed by atoms with Gasteiger partial charge in [-0.25, -0.2) is 0 Å². The summed E-state index contributed by atoms with van der Waals surface area (Å²) in [6.45, 7) is 0.463. The number of aliphatic carboxylic acids is 1. The second-order valence-corrected chi connectivity index (χ2v) is 6.14. The van der Waals surface area contributed by atoms with Crippen LogP contribution in [-0.2, 0) is 22.4 Å². The molecule has 5 heteroatoms. The van der Waals surface area contributed by atoms with Crippen molar-refractivity contribution in [3.8, 4) is 0 Å².